The van der Waals surface area contributed by atoms with E-state index in [4.69, 9.17) is 15.2 Å². The molecule has 0 aliphatic rings. The first kappa shape index (κ1) is 12.9. The Labute approximate surface area is 93.2 Å². The lowest BCUT2D eigenvalue weighted by atomic mass is 10.3. The third kappa shape index (κ3) is 4.55. The van der Waals surface area contributed by atoms with Gasteiger partial charge in [-0.15, -0.1) is 0 Å². The molecule has 0 saturated heterocycles. The molecule has 1 rings (SSSR count). The minimum atomic E-state index is -0.692. The fraction of sp³-hybridized carbons (Fsp3) is 0.455. The summed E-state index contributed by atoms with van der Waals surface area (Å²) in [6.45, 7) is 1.82. The number of hydrogen-bond acceptors (Lipinski definition) is 3. The lowest BCUT2D eigenvalue weighted by Crippen LogP contribution is -2.10. The average molecular weight is 231 g/mol. The van der Waals surface area contributed by atoms with Gasteiger partial charge >= 0.3 is 0 Å². The highest BCUT2D eigenvalue weighted by Crippen LogP contribution is 2.17. The molecule has 0 atom stereocenters. The van der Waals surface area contributed by atoms with Crippen LogP contribution in [-0.2, 0) is 4.74 Å². The van der Waals surface area contributed by atoms with Gasteiger partial charge in [0.05, 0.1) is 13.2 Å². The van der Waals surface area contributed by atoms with Crippen molar-refractivity contribution in [3.63, 3.8) is 0 Å². The first-order valence-corrected chi connectivity index (χ1v) is 5.09. The van der Waals surface area contributed by atoms with E-state index >= 15 is 0 Å². The average Bonchev–Trinajstić information content (AvgIpc) is 2.26. The molecule has 90 valence electrons. The van der Waals surface area contributed by atoms with Crippen LogP contribution in [0.3, 0.4) is 0 Å². The zero-order valence-electron chi connectivity index (χ0n) is 8.92. The van der Waals surface area contributed by atoms with Gasteiger partial charge in [-0.1, -0.05) is 0 Å². The summed E-state index contributed by atoms with van der Waals surface area (Å²) in [4.78, 5) is 0. The van der Waals surface area contributed by atoms with E-state index in [1.807, 2.05) is 0 Å². The molecule has 0 aliphatic heterocycles. The Morgan fingerprint density at radius 3 is 2.62 bits per heavy atom. The molecule has 0 spiro atoms. The van der Waals surface area contributed by atoms with Crippen molar-refractivity contribution in [3.05, 3.63) is 29.8 Å². The molecule has 1 aromatic rings. The van der Waals surface area contributed by atoms with Gasteiger partial charge in [0.2, 0.25) is 0 Å². The Balaban J connectivity index is 2.21. The topological polar surface area (TPSA) is 44.5 Å². The zero-order chi connectivity index (χ0) is 11.8. The second-order valence-corrected chi connectivity index (χ2v) is 3.18. The number of ether oxygens (including phenoxy) is 2. The molecule has 0 unspecified atom stereocenters. The molecule has 2 N–H and O–H groups in total. The van der Waals surface area contributed by atoms with Crippen LogP contribution in [0.2, 0.25) is 0 Å². The smallest absolute Gasteiger partial charge is 0.167 e. The minimum absolute atomic E-state index is 0.0558. The van der Waals surface area contributed by atoms with Crippen LogP contribution >= 0.6 is 0 Å². The van der Waals surface area contributed by atoms with E-state index < -0.39 is 11.6 Å². The second kappa shape index (κ2) is 7.14. The van der Waals surface area contributed by atoms with Crippen molar-refractivity contribution in [2.45, 2.75) is 6.42 Å². The molecule has 1 aromatic carbocycles. The van der Waals surface area contributed by atoms with Gasteiger partial charge in [-0.2, -0.15) is 0 Å². The first-order valence-electron chi connectivity index (χ1n) is 5.09. The number of hydrogen-bond donors (Lipinski definition) is 1. The molecule has 0 radical (unpaired) electrons. The van der Waals surface area contributed by atoms with Gasteiger partial charge in [0.1, 0.15) is 5.82 Å². The summed E-state index contributed by atoms with van der Waals surface area (Å²) in [5.74, 6) is -1.25. The van der Waals surface area contributed by atoms with Gasteiger partial charge in [0, 0.05) is 25.6 Å². The van der Waals surface area contributed by atoms with Crippen LogP contribution in [0, 0.1) is 11.6 Å². The van der Waals surface area contributed by atoms with Gasteiger partial charge in [0.15, 0.2) is 11.6 Å². The van der Waals surface area contributed by atoms with E-state index in [9.17, 15) is 8.78 Å². The van der Waals surface area contributed by atoms with Gasteiger partial charge in [-0.05, 0) is 12.1 Å². The zero-order valence-corrected chi connectivity index (χ0v) is 8.92. The molecule has 0 amide bonds. The van der Waals surface area contributed by atoms with Crippen LogP contribution in [0.4, 0.5) is 8.78 Å². The molecule has 16 heavy (non-hydrogen) atoms. The predicted molar refractivity (Wildman–Crippen MR) is 56.3 cm³/mol. The van der Waals surface area contributed by atoms with Crippen LogP contribution in [0.1, 0.15) is 6.42 Å². The number of halogens is 2. The maximum atomic E-state index is 13.1. The molecule has 0 aromatic heterocycles. The highest BCUT2D eigenvalue weighted by molar-refractivity contribution is 5.24. The molecule has 0 saturated carbocycles. The lowest BCUT2D eigenvalue weighted by molar-refractivity contribution is 0.125. The van der Waals surface area contributed by atoms with Gasteiger partial charge in [0.25, 0.3) is 0 Å². The monoisotopic (exact) mass is 231 g/mol. The number of nitrogens with two attached hydrogens (primary N) is 1. The maximum Gasteiger partial charge on any atom is 0.167 e. The fourth-order valence-electron chi connectivity index (χ4n) is 1.12. The van der Waals surface area contributed by atoms with E-state index in [2.05, 4.69) is 0 Å². The number of rotatable bonds is 7. The Morgan fingerprint density at radius 1 is 1.12 bits per heavy atom. The third-order valence-electron chi connectivity index (χ3n) is 1.85. The van der Waals surface area contributed by atoms with Crippen LogP contribution in [0.5, 0.6) is 5.75 Å². The van der Waals surface area contributed by atoms with Crippen molar-refractivity contribution in [1.82, 2.24) is 0 Å². The molecule has 5 heteroatoms. The fourth-order valence-corrected chi connectivity index (χ4v) is 1.12. The third-order valence-corrected chi connectivity index (χ3v) is 1.85. The summed E-state index contributed by atoms with van der Waals surface area (Å²) in [5.41, 5.74) is 5.23. The quantitative estimate of drug-likeness (QED) is 0.726. The van der Waals surface area contributed by atoms with E-state index in [0.717, 1.165) is 12.1 Å². The molecule has 0 aliphatic carbocycles. The van der Waals surface area contributed by atoms with Crippen LogP contribution in [0.15, 0.2) is 18.2 Å². The minimum Gasteiger partial charge on any atom is -0.490 e. The summed E-state index contributed by atoms with van der Waals surface area (Å²) in [6.07, 6.45) is 0.636. The van der Waals surface area contributed by atoms with Crippen molar-refractivity contribution in [2.75, 3.05) is 26.4 Å². The van der Waals surface area contributed by atoms with Crippen LogP contribution in [-0.4, -0.2) is 26.4 Å². The summed E-state index contributed by atoms with van der Waals surface area (Å²) >= 11 is 0. The summed E-state index contributed by atoms with van der Waals surface area (Å²) in [5, 5.41) is 0. The highest BCUT2D eigenvalue weighted by Gasteiger charge is 2.03. The highest BCUT2D eigenvalue weighted by atomic mass is 19.1. The Hall–Kier alpha value is -1.20. The Kier molecular flexibility index (Phi) is 5.74. The van der Waals surface area contributed by atoms with Crippen LogP contribution in [0.25, 0.3) is 0 Å². The second-order valence-electron chi connectivity index (χ2n) is 3.18. The van der Waals surface area contributed by atoms with E-state index in [-0.39, 0.29) is 5.75 Å². The van der Waals surface area contributed by atoms with Gasteiger partial charge in [-0.25, -0.2) is 8.78 Å². The predicted octanol–water partition coefficient (Wildman–Crippen LogP) is 1.71. The van der Waals surface area contributed by atoms with Crippen molar-refractivity contribution in [3.8, 4) is 5.75 Å². The van der Waals surface area contributed by atoms with Crippen molar-refractivity contribution in [1.29, 1.82) is 0 Å². The Bertz CT molecular complexity index is 321. The summed E-state index contributed by atoms with van der Waals surface area (Å²) < 4.78 is 35.8. The molecular formula is C11H15F2NO2. The SMILES string of the molecule is NCCOCCCOc1ccc(F)cc1F. The summed E-state index contributed by atoms with van der Waals surface area (Å²) in [7, 11) is 0. The van der Waals surface area contributed by atoms with E-state index in [1.54, 1.807) is 0 Å². The summed E-state index contributed by atoms with van der Waals surface area (Å²) in [6, 6.07) is 3.22. The first-order chi connectivity index (χ1) is 7.74. The molecule has 0 bridgehead atoms. The molecular weight excluding hydrogens is 216 g/mol. The standard InChI is InChI=1S/C11H15F2NO2/c12-9-2-3-11(10(13)8-9)16-6-1-5-15-7-4-14/h2-3,8H,1,4-7,14H2. The molecule has 0 fully saturated rings. The van der Waals surface area contributed by atoms with Crippen molar-refractivity contribution in [2.24, 2.45) is 5.73 Å². The van der Waals surface area contributed by atoms with Crippen LogP contribution < -0.4 is 10.5 Å². The largest absolute Gasteiger partial charge is 0.490 e. The van der Waals surface area contributed by atoms with Crippen molar-refractivity contribution >= 4 is 0 Å². The van der Waals surface area contributed by atoms with E-state index in [0.29, 0.717) is 32.8 Å². The van der Waals surface area contributed by atoms with E-state index in [1.165, 1.54) is 6.07 Å². The van der Waals surface area contributed by atoms with Gasteiger partial charge in [-0.3, -0.25) is 0 Å². The van der Waals surface area contributed by atoms with Crippen molar-refractivity contribution < 1.29 is 18.3 Å². The normalized spacial score (nSPS) is 10.4. The Morgan fingerprint density at radius 2 is 1.94 bits per heavy atom. The number of benzene rings is 1. The van der Waals surface area contributed by atoms with Gasteiger partial charge < -0.3 is 15.2 Å². The lowest BCUT2D eigenvalue weighted by Gasteiger charge is -2.07. The maximum absolute atomic E-state index is 13.1. The molecule has 3 nitrogen and oxygen atoms in total. The molecule has 0 heterocycles.